The number of rotatable bonds is 4. The Hall–Kier alpha value is -0.940. The Labute approximate surface area is 127 Å². The van der Waals surface area contributed by atoms with Gasteiger partial charge in [-0.3, -0.25) is 4.79 Å². The molecule has 0 spiro atoms. The predicted octanol–water partition coefficient (Wildman–Crippen LogP) is 3.19. The zero-order valence-electron chi connectivity index (χ0n) is 11.8. The van der Waals surface area contributed by atoms with Crippen molar-refractivity contribution < 1.29 is 9.18 Å². The van der Waals surface area contributed by atoms with Gasteiger partial charge < -0.3 is 10.2 Å². The van der Waals surface area contributed by atoms with E-state index in [2.05, 4.69) is 21.2 Å². The average molecular weight is 343 g/mol. The number of hydrogen-bond donors (Lipinski definition) is 1. The van der Waals surface area contributed by atoms with Crippen molar-refractivity contribution in [2.24, 2.45) is 0 Å². The lowest BCUT2D eigenvalue weighted by molar-refractivity contribution is 0.0688. The molecule has 0 bridgehead atoms. The molecule has 1 fully saturated rings. The van der Waals surface area contributed by atoms with Gasteiger partial charge in [-0.05, 0) is 67.4 Å². The van der Waals surface area contributed by atoms with Crippen LogP contribution in [-0.2, 0) is 0 Å². The zero-order valence-corrected chi connectivity index (χ0v) is 13.4. The first-order valence-electron chi connectivity index (χ1n) is 6.98. The summed E-state index contributed by atoms with van der Waals surface area (Å²) in [5.41, 5.74) is 0.400. The molecule has 0 saturated carbocycles. The minimum Gasteiger partial charge on any atom is -0.335 e. The minimum atomic E-state index is -0.404. The second-order valence-electron chi connectivity index (χ2n) is 5.47. The molecule has 1 heterocycles. The number of carbonyl (C=O) groups is 1. The van der Waals surface area contributed by atoms with Crippen LogP contribution in [0.15, 0.2) is 22.7 Å². The summed E-state index contributed by atoms with van der Waals surface area (Å²) >= 11 is 3.11. The first-order chi connectivity index (χ1) is 9.49. The normalized spacial score (nSPS) is 18.6. The Morgan fingerprint density at radius 1 is 1.55 bits per heavy atom. The Balaban J connectivity index is 2.15. The largest absolute Gasteiger partial charge is 0.335 e. The highest BCUT2D eigenvalue weighted by Crippen LogP contribution is 2.19. The van der Waals surface area contributed by atoms with Gasteiger partial charge in [0.05, 0.1) is 4.47 Å². The molecule has 1 aromatic carbocycles. The molecule has 1 aromatic rings. The molecule has 0 radical (unpaired) electrons. The van der Waals surface area contributed by atoms with Crippen molar-refractivity contribution in [1.82, 2.24) is 10.2 Å². The second kappa shape index (κ2) is 6.68. The van der Waals surface area contributed by atoms with Crippen molar-refractivity contribution >= 4 is 21.8 Å². The molecule has 5 heteroatoms. The summed E-state index contributed by atoms with van der Waals surface area (Å²) in [7, 11) is 0. The quantitative estimate of drug-likeness (QED) is 0.911. The van der Waals surface area contributed by atoms with E-state index in [-0.39, 0.29) is 11.9 Å². The van der Waals surface area contributed by atoms with E-state index >= 15 is 0 Å². The van der Waals surface area contributed by atoms with E-state index in [1.807, 2.05) is 18.7 Å². The lowest BCUT2D eigenvalue weighted by Gasteiger charge is -2.29. The number of halogens is 2. The smallest absolute Gasteiger partial charge is 0.254 e. The van der Waals surface area contributed by atoms with E-state index in [1.54, 1.807) is 12.1 Å². The van der Waals surface area contributed by atoms with E-state index in [4.69, 9.17) is 0 Å². The van der Waals surface area contributed by atoms with Gasteiger partial charge in [0.1, 0.15) is 5.82 Å². The van der Waals surface area contributed by atoms with E-state index in [1.165, 1.54) is 6.07 Å². The van der Waals surface area contributed by atoms with E-state index in [9.17, 15) is 9.18 Å². The van der Waals surface area contributed by atoms with Crippen LogP contribution in [0, 0.1) is 5.82 Å². The number of nitrogens with zero attached hydrogens (tertiary/aromatic N) is 1. The fourth-order valence-electron chi connectivity index (χ4n) is 2.47. The standard InChI is InChI=1S/C15H20BrFN2O/c1-10(2)19(9-12-4-3-7-18-12)15(20)11-5-6-13(16)14(17)8-11/h5-6,8,10,12,18H,3-4,7,9H2,1-2H3. The van der Waals surface area contributed by atoms with Crippen LogP contribution >= 0.6 is 15.9 Å². The fourth-order valence-corrected chi connectivity index (χ4v) is 2.72. The van der Waals surface area contributed by atoms with Crippen LogP contribution in [0.2, 0.25) is 0 Å². The molecule has 1 unspecified atom stereocenters. The van der Waals surface area contributed by atoms with Gasteiger partial charge in [-0.15, -0.1) is 0 Å². The number of carbonyl (C=O) groups excluding carboxylic acids is 1. The predicted molar refractivity (Wildman–Crippen MR) is 81.3 cm³/mol. The van der Waals surface area contributed by atoms with Crippen molar-refractivity contribution in [3.63, 3.8) is 0 Å². The molecule has 110 valence electrons. The summed E-state index contributed by atoms with van der Waals surface area (Å²) in [6.07, 6.45) is 2.24. The van der Waals surface area contributed by atoms with E-state index < -0.39 is 5.82 Å². The minimum absolute atomic E-state index is 0.0941. The van der Waals surface area contributed by atoms with Gasteiger partial charge in [-0.1, -0.05) is 0 Å². The van der Waals surface area contributed by atoms with Gasteiger partial charge in [0.15, 0.2) is 0 Å². The van der Waals surface area contributed by atoms with Crippen LogP contribution in [0.1, 0.15) is 37.0 Å². The molecular formula is C15H20BrFN2O. The third kappa shape index (κ3) is 3.58. The van der Waals surface area contributed by atoms with Crippen molar-refractivity contribution in [2.45, 2.75) is 38.8 Å². The van der Waals surface area contributed by atoms with Crippen LogP contribution in [0.4, 0.5) is 4.39 Å². The molecular weight excluding hydrogens is 323 g/mol. The number of hydrogen-bond acceptors (Lipinski definition) is 2. The Kier molecular flexibility index (Phi) is 5.16. The number of nitrogens with one attached hydrogen (secondary N) is 1. The molecule has 1 amide bonds. The van der Waals surface area contributed by atoms with E-state index in [0.717, 1.165) is 19.4 Å². The first-order valence-corrected chi connectivity index (χ1v) is 7.77. The van der Waals surface area contributed by atoms with Crippen LogP contribution < -0.4 is 5.32 Å². The summed E-state index contributed by atoms with van der Waals surface area (Å²) in [5, 5.41) is 3.39. The summed E-state index contributed by atoms with van der Waals surface area (Å²) in [6.45, 7) is 5.66. The summed E-state index contributed by atoms with van der Waals surface area (Å²) in [5.74, 6) is -0.515. The van der Waals surface area contributed by atoms with Crippen LogP contribution in [0.3, 0.4) is 0 Å². The number of amides is 1. The molecule has 1 aliphatic rings. The maximum atomic E-state index is 13.6. The van der Waals surface area contributed by atoms with Crippen molar-refractivity contribution in [1.29, 1.82) is 0 Å². The molecule has 20 heavy (non-hydrogen) atoms. The summed E-state index contributed by atoms with van der Waals surface area (Å²) in [6, 6.07) is 4.98. The first kappa shape index (κ1) is 15.4. The average Bonchev–Trinajstić information content (AvgIpc) is 2.91. The third-order valence-electron chi connectivity index (χ3n) is 3.63. The molecule has 1 aliphatic heterocycles. The second-order valence-corrected chi connectivity index (χ2v) is 6.33. The highest BCUT2D eigenvalue weighted by molar-refractivity contribution is 9.10. The Morgan fingerprint density at radius 2 is 2.30 bits per heavy atom. The van der Waals surface area contributed by atoms with Crippen molar-refractivity contribution in [2.75, 3.05) is 13.1 Å². The van der Waals surface area contributed by atoms with Crippen molar-refractivity contribution in [3.8, 4) is 0 Å². The molecule has 1 atom stereocenters. The summed E-state index contributed by atoms with van der Waals surface area (Å²) in [4.78, 5) is 14.4. The Morgan fingerprint density at radius 3 is 2.85 bits per heavy atom. The van der Waals surface area contributed by atoms with Crippen molar-refractivity contribution in [3.05, 3.63) is 34.1 Å². The highest BCUT2D eigenvalue weighted by atomic mass is 79.9. The molecule has 1 saturated heterocycles. The van der Waals surface area contributed by atoms with Crippen LogP contribution in [0.5, 0.6) is 0 Å². The molecule has 1 N–H and O–H groups in total. The molecule has 2 rings (SSSR count). The van der Waals surface area contributed by atoms with Gasteiger partial charge in [0, 0.05) is 24.2 Å². The van der Waals surface area contributed by atoms with Gasteiger partial charge >= 0.3 is 0 Å². The Bertz CT molecular complexity index is 487. The third-order valence-corrected chi connectivity index (χ3v) is 4.27. The molecule has 0 aromatic heterocycles. The maximum Gasteiger partial charge on any atom is 0.254 e. The lowest BCUT2D eigenvalue weighted by Crippen LogP contribution is -2.44. The lowest BCUT2D eigenvalue weighted by atomic mass is 10.1. The van der Waals surface area contributed by atoms with Crippen LogP contribution in [-0.4, -0.2) is 36.0 Å². The maximum absolute atomic E-state index is 13.6. The van der Waals surface area contributed by atoms with E-state index in [0.29, 0.717) is 22.6 Å². The SMILES string of the molecule is CC(C)N(CC1CCCN1)C(=O)c1ccc(Br)c(F)c1. The number of benzene rings is 1. The van der Waals surface area contributed by atoms with Crippen LogP contribution in [0.25, 0.3) is 0 Å². The van der Waals surface area contributed by atoms with Gasteiger partial charge in [-0.2, -0.15) is 0 Å². The zero-order chi connectivity index (χ0) is 14.7. The molecule has 0 aliphatic carbocycles. The van der Waals surface area contributed by atoms with Gasteiger partial charge in [0.25, 0.3) is 5.91 Å². The summed E-state index contributed by atoms with van der Waals surface area (Å²) < 4.78 is 14.0. The monoisotopic (exact) mass is 342 g/mol. The topological polar surface area (TPSA) is 32.3 Å². The fraction of sp³-hybridized carbons (Fsp3) is 0.533. The highest BCUT2D eigenvalue weighted by Gasteiger charge is 2.24. The van der Waals surface area contributed by atoms with Gasteiger partial charge in [-0.25, -0.2) is 4.39 Å². The molecule has 3 nitrogen and oxygen atoms in total. The van der Waals surface area contributed by atoms with Gasteiger partial charge in [0.2, 0.25) is 0 Å².